The van der Waals surface area contributed by atoms with E-state index in [-0.39, 0.29) is 0 Å². The van der Waals surface area contributed by atoms with E-state index in [0.29, 0.717) is 13.2 Å². The van der Waals surface area contributed by atoms with Crippen molar-refractivity contribution in [3.05, 3.63) is 60.8 Å². The van der Waals surface area contributed by atoms with Gasteiger partial charge in [-0.05, 0) is 36.4 Å². The molecule has 2 aromatic carbocycles. The van der Waals surface area contributed by atoms with Gasteiger partial charge in [-0.15, -0.1) is 0 Å². The van der Waals surface area contributed by atoms with Gasteiger partial charge >= 0.3 is 0 Å². The van der Waals surface area contributed by atoms with Crippen molar-refractivity contribution in [1.29, 1.82) is 0 Å². The number of aromatic nitrogens is 1. The van der Waals surface area contributed by atoms with Crippen molar-refractivity contribution in [2.75, 3.05) is 13.2 Å². The van der Waals surface area contributed by atoms with Gasteiger partial charge in [0.25, 0.3) is 0 Å². The van der Waals surface area contributed by atoms with E-state index in [4.69, 9.17) is 9.47 Å². The highest BCUT2D eigenvalue weighted by Gasteiger charge is 1.98. The molecule has 0 saturated heterocycles. The maximum Gasteiger partial charge on any atom is 0.122 e. The maximum atomic E-state index is 5.67. The van der Waals surface area contributed by atoms with Crippen LogP contribution in [0.4, 0.5) is 0 Å². The fourth-order valence-corrected chi connectivity index (χ4v) is 1.96. The topological polar surface area (TPSA) is 34.2 Å². The summed E-state index contributed by atoms with van der Waals surface area (Å²) >= 11 is 0. The highest BCUT2D eigenvalue weighted by Crippen LogP contribution is 2.19. The van der Waals surface area contributed by atoms with Gasteiger partial charge in [-0.1, -0.05) is 18.2 Å². The summed E-state index contributed by atoms with van der Waals surface area (Å²) in [5, 5.41) is 1.15. The lowest BCUT2D eigenvalue weighted by atomic mass is 10.2. The first-order valence-corrected chi connectivity index (χ1v) is 6.29. The number of hydrogen-bond donors (Lipinski definition) is 1. The summed E-state index contributed by atoms with van der Waals surface area (Å²) in [5.41, 5.74) is 1.12. The van der Waals surface area contributed by atoms with Crippen LogP contribution < -0.4 is 9.47 Å². The van der Waals surface area contributed by atoms with Gasteiger partial charge in [0.05, 0.1) is 0 Å². The van der Waals surface area contributed by atoms with Gasteiger partial charge in [0, 0.05) is 17.1 Å². The molecule has 3 rings (SSSR count). The fourth-order valence-electron chi connectivity index (χ4n) is 1.96. The average Bonchev–Trinajstić information content (AvgIpc) is 2.92. The summed E-state index contributed by atoms with van der Waals surface area (Å²) in [6, 6.07) is 17.8. The Bertz CT molecular complexity index is 646. The molecule has 0 saturated carbocycles. The first-order chi connectivity index (χ1) is 9.42. The molecule has 1 N–H and O–H groups in total. The molecule has 0 spiro atoms. The van der Waals surface area contributed by atoms with Crippen LogP contribution in [0, 0.1) is 0 Å². The quantitative estimate of drug-likeness (QED) is 0.705. The van der Waals surface area contributed by atoms with Crippen LogP contribution in [0.3, 0.4) is 0 Å². The van der Waals surface area contributed by atoms with E-state index in [2.05, 4.69) is 4.98 Å². The number of para-hydroxylation sites is 1. The lowest BCUT2D eigenvalue weighted by Gasteiger charge is -2.08. The van der Waals surface area contributed by atoms with Crippen molar-refractivity contribution in [3.8, 4) is 11.5 Å². The molecule has 0 atom stereocenters. The zero-order valence-corrected chi connectivity index (χ0v) is 10.5. The van der Waals surface area contributed by atoms with Crippen molar-refractivity contribution < 1.29 is 9.47 Å². The minimum Gasteiger partial charge on any atom is -0.490 e. The number of rotatable bonds is 5. The molecule has 3 heteroatoms. The van der Waals surface area contributed by atoms with Crippen LogP contribution in [0.15, 0.2) is 60.8 Å². The summed E-state index contributed by atoms with van der Waals surface area (Å²) in [6.07, 6.45) is 1.92. The molecule has 3 aromatic rings. The molecule has 0 aliphatic rings. The highest BCUT2D eigenvalue weighted by molar-refractivity contribution is 5.80. The SMILES string of the molecule is c1ccc(OCCOc2ccc3[nH]ccc3c2)cc1. The Balaban J connectivity index is 1.52. The van der Waals surface area contributed by atoms with Gasteiger partial charge in [0.15, 0.2) is 0 Å². The monoisotopic (exact) mass is 253 g/mol. The highest BCUT2D eigenvalue weighted by atomic mass is 16.5. The Morgan fingerprint density at radius 1 is 0.789 bits per heavy atom. The molecule has 0 fully saturated rings. The number of hydrogen-bond acceptors (Lipinski definition) is 2. The van der Waals surface area contributed by atoms with Crippen LogP contribution in [-0.2, 0) is 0 Å². The zero-order valence-electron chi connectivity index (χ0n) is 10.5. The van der Waals surface area contributed by atoms with E-state index in [1.165, 1.54) is 0 Å². The maximum absolute atomic E-state index is 5.67. The molecule has 96 valence electrons. The van der Waals surface area contributed by atoms with Gasteiger partial charge in [0.2, 0.25) is 0 Å². The first kappa shape index (κ1) is 11.7. The molecule has 0 radical (unpaired) electrons. The second-order valence-corrected chi connectivity index (χ2v) is 4.24. The number of H-pyrrole nitrogens is 1. The van der Waals surface area contributed by atoms with E-state index < -0.39 is 0 Å². The molecule has 0 amide bonds. The molecule has 0 unspecified atom stereocenters. The van der Waals surface area contributed by atoms with E-state index in [9.17, 15) is 0 Å². The van der Waals surface area contributed by atoms with E-state index in [1.807, 2.05) is 60.8 Å². The molecule has 0 aliphatic heterocycles. The van der Waals surface area contributed by atoms with Crippen LogP contribution in [0.1, 0.15) is 0 Å². The summed E-state index contributed by atoms with van der Waals surface area (Å²) < 4.78 is 11.2. The standard InChI is InChI=1S/C16H15NO2/c1-2-4-14(5-3-1)18-10-11-19-15-6-7-16-13(12-15)8-9-17-16/h1-9,12,17H,10-11H2. The second kappa shape index (κ2) is 5.48. The summed E-state index contributed by atoms with van der Waals surface area (Å²) in [5.74, 6) is 1.73. The summed E-state index contributed by atoms with van der Waals surface area (Å²) in [4.78, 5) is 3.16. The molecule has 0 bridgehead atoms. The van der Waals surface area contributed by atoms with Gasteiger partial charge in [-0.25, -0.2) is 0 Å². The Labute approximate surface area is 111 Å². The number of nitrogens with one attached hydrogen (secondary N) is 1. The van der Waals surface area contributed by atoms with Crippen LogP contribution in [0.5, 0.6) is 11.5 Å². The van der Waals surface area contributed by atoms with Crippen molar-refractivity contribution in [2.45, 2.75) is 0 Å². The third-order valence-corrected chi connectivity index (χ3v) is 2.89. The van der Waals surface area contributed by atoms with Gasteiger partial charge < -0.3 is 14.5 Å². The van der Waals surface area contributed by atoms with Gasteiger partial charge in [-0.3, -0.25) is 0 Å². The molecule has 1 aromatic heterocycles. The van der Waals surface area contributed by atoms with Gasteiger partial charge in [-0.2, -0.15) is 0 Å². The van der Waals surface area contributed by atoms with Crippen LogP contribution in [0.25, 0.3) is 10.9 Å². The van der Waals surface area contributed by atoms with E-state index >= 15 is 0 Å². The zero-order chi connectivity index (χ0) is 12.9. The van der Waals surface area contributed by atoms with E-state index in [1.54, 1.807) is 0 Å². The number of ether oxygens (including phenoxy) is 2. The van der Waals surface area contributed by atoms with Crippen molar-refractivity contribution in [2.24, 2.45) is 0 Å². The van der Waals surface area contributed by atoms with Crippen LogP contribution in [-0.4, -0.2) is 18.2 Å². The average molecular weight is 253 g/mol. The Morgan fingerprint density at radius 2 is 1.58 bits per heavy atom. The molecule has 0 aliphatic carbocycles. The van der Waals surface area contributed by atoms with Crippen molar-refractivity contribution >= 4 is 10.9 Å². The first-order valence-electron chi connectivity index (χ1n) is 6.29. The Morgan fingerprint density at radius 3 is 2.42 bits per heavy atom. The summed E-state index contributed by atoms with van der Waals surface area (Å²) in [6.45, 7) is 1.07. The third-order valence-electron chi connectivity index (χ3n) is 2.89. The third kappa shape index (κ3) is 2.88. The Kier molecular flexibility index (Phi) is 3.36. The summed E-state index contributed by atoms with van der Waals surface area (Å²) in [7, 11) is 0. The van der Waals surface area contributed by atoms with Crippen molar-refractivity contribution in [1.82, 2.24) is 4.98 Å². The lowest BCUT2D eigenvalue weighted by Crippen LogP contribution is -2.08. The predicted molar refractivity (Wildman–Crippen MR) is 75.7 cm³/mol. The number of fused-ring (bicyclic) bond motifs is 1. The van der Waals surface area contributed by atoms with Crippen molar-refractivity contribution in [3.63, 3.8) is 0 Å². The van der Waals surface area contributed by atoms with Crippen LogP contribution >= 0.6 is 0 Å². The smallest absolute Gasteiger partial charge is 0.122 e. The molecular formula is C16H15NO2. The van der Waals surface area contributed by atoms with Crippen LogP contribution in [0.2, 0.25) is 0 Å². The molecule has 1 heterocycles. The minimum atomic E-state index is 0.533. The molecular weight excluding hydrogens is 238 g/mol. The normalized spacial score (nSPS) is 10.5. The largest absolute Gasteiger partial charge is 0.490 e. The molecule has 19 heavy (non-hydrogen) atoms. The lowest BCUT2D eigenvalue weighted by molar-refractivity contribution is 0.217. The number of benzene rings is 2. The minimum absolute atomic E-state index is 0.533. The van der Waals surface area contributed by atoms with E-state index in [0.717, 1.165) is 22.4 Å². The molecule has 3 nitrogen and oxygen atoms in total. The Hall–Kier alpha value is -2.42. The van der Waals surface area contributed by atoms with Gasteiger partial charge in [0.1, 0.15) is 24.7 Å². The second-order valence-electron chi connectivity index (χ2n) is 4.24. The fraction of sp³-hybridized carbons (Fsp3) is 0.125. The predicted octanol–water partition coefficient (Wildman–Crippen LogP) is 3.63. The number of aromatic amines is 1.